The van der Waals surface area contributed by atoms with Crippen LogP contribution < -0.4 is 4.90 Å². The maximum Gasteiger partial charge on any atom is 0.328 e. The lowest BCUT2D eigenvalue weighted by atomic mass is 10.2. The first-order valence-corrected chi connectivity index (χ1v) is 5.91. The van der Waals surface area contributed by atoms with Crippen LogP contribution in [0.5, 0.6) is 0 Å². The molecule has 0 aromatic carbocycles. The molecule has 2 rings (SSSR count). The summed E-state index contributed by atoms with van der Waals surface area (Å²) in [6, 6.07) is 1.63. The molecule has 94 valence electrons. The Morgan fingerprint density at radius 2 is 2.44 bits per heavy atom. The number of hydrogen-bond donors (Lipinski definition) is 0. The molecule has 0 bridgehead atoms. The quantitative estimate of drug-likeness (QED) is 0.736. The molecule has 6 heteroatoms. The fraction of sp³-hybridized carbons (Fsp3) is 0.500. The average Bonchev–Trinajstić information content (AvgIpc) is 2.88. The minimum atomic E-state index is -0.285. The van der Waals surface area contributed by atoms with Crippen molar-refractivity contribution in [1.82, 2.24) is 9.97 Å². The van der Waals surface area contributed by atoms with Gasteiger partial charge in [0.15, 0.2) is 5.69 Å². The maximum atomic E-state index is 11.8. The SMILES string of the molecule is CCOC(=O)C1CCCN1c1cnc(C#N)cn1. The van der Waals surface area contributed by atoms with Gasteiger partial charge < -0.3 is 9.64 Å². The lowest BCUT2D eigenvalue weighted by molar-refractivity contribution is -0.144. The van der Waals surface area contributed by atoms with Gasteiger partial charge in [-0.05, 0) is 19.8 Å². The third-order valence-electron chi connectivity index (χ3n) is 2.86. The van der Waals surface area contributed by atoms with Crippen molar-refractivity contribution in [1.29, 1.82) is 5.26 Å². The Morgan fingerprint density at radius 1 is 1.61 bits per heavy atom. The van der Waals surface area contributed by atoms with Gasteiger partial charge in [0.1, 0.15) is 17.9 Å². The first-order valence-electron chi connectivity index (χ1n) is 5.91. The van der Waals surface area contributed by atoms with Crippen molar-refractivity contribution in [2.24, 2.45) is 0 Å². The Kier molecular flexibility index (Phi) is 3.72. The first kappa shape index (κ1) is 12.3. The van der Waals surface area contributed by atoms with Crippen LogP contribution in [0.1, 0.15) is 25.5 Å². The van der Waals surface area contributed by atoms with Gasteiger partial charge in [-0.2, -0.15) is 5.26 Å². The molecule has 0 spiro atoms. The van der Waals surface area contributed by atoms with E-state index in [2.05, 4.69) is 9.97 Å². The fourth-order valence-corrected chi connectivity index (χ4v) is 2.05. The van der Waals surface area contributed by atoms with Crippen molar-refractivity contribution in [3.63, 3.8) is 0 Å². The average molecular weight is 246 g/mol. The van der Waals surface area contributed by atoms with E-state index in [4.69, 9.17) is 10.00 Å². The van der Waals surface area contributed by atoms with Crippen LogP contribution in [0, 0.1) is 11.3 Å². The van der Waals surface area contributed by atoms with Crippen LogP contribution >= 0.6 is 0 Å². The van der Waals surface area contributed by atoms with Crippen molar-refractivity contribution in [3.05, 3.63) is 18.1 Å². The molecular formula is C12H14N4O2. The molecule has 1 aromatic heterocycles. The van der Waals surface area contributed by atoms with Gasteiger partial charge in [0, 0.05) is 6.54 Å². The molecule has 0 aliphatic carbocycles. The number of rotatable bonds is 3. The molecule has 1 fully saturated rings. The van der Waals surface area contributed by atoms with Gasteiger partial charge in [0.25, 0.3) is 0 Å². The molecule has 1 unspecified atom stereocenters. The van der Waals surface area contributed by atoms with E-state index in [0.717, 1.165) is 19.4 Å². The third-order valence-corrected chi connectivity index (χ3v) is 2.86. The number of carbonyl (C=O) groups is 1. The smallest absolute Gasteiger partial charge is 0.328 e. The highest BCUT2D eigenvalue weighted by Gasteiger charge is 2.32. The lowest BCUT2D eigenvalue weighted by Gasteiger charge is -2.23. The van der Waals surface area contributed by atoms with Gasteiger partial charge in [0.2, 0.25) is 0 Å². The number of esters is 1. The maximum absolute atomic E-state index is 11.8. The molecule has 0 N–H and O–H groups in total. The minimum absolute atomic E-state index is 0.221. The van der Waals surface area contributed by atoms with Gasteiger partial charge in [0.05, 0.1) is 19.0 Å². The predicted molar refractivity (Wildman–Crippen MR) is 63.7 cm³/mol. The zero-order chi connectivity index (χ0) is 13.0. The second-order valence-corrected chi connectivity index (χ2v) is 3.98. The number of nitriles is 1. The van der Waals surface area contributed by atoms with Gasteiger partial charge in [-0.1, -0.05) is 0 Å². The largest absolute Gasteiger partial charge is 0.464 e. The molecule has 1 atom stereocenters. The van der Waals surface area contributed by atoms with E-state index in [9.17, 15) is 4.79 Å². The summed E-state index contributed by atoms with van der Waals surface area (Å²) in [7, 11) is 0. The zero-order valence-corrected chi connectivity index (χ0v) is 10.2. The lowest BCUT2D eigenvalue weighted by Crippen LogP contribution is -2.37. The monoisotopic (exact) mass is 246 g/mol. The van der Waals surface area contributed by atoms with Crippen LogP contribution in [-0.2, 0) is 9.53 Å². The molecule has 0 radical (unpaired) electrons. The molecule has 18 heavy (non-hydrogen) atoms. The Morgan fingerprint density at radius 3 is 3.06 bits per heavy atom. The second kappa shape index (κ2) is 5.45. The standard InChI is InChI=1S/C12H14N4O2/c1-2-18-12(17)10-4-3-5-16(10)11-8-14-9(6-13)7-15-11/h7-8,10H,2-5H2,1H3. The Balaban J connectivity index is 2.15. The summed E-state index contributed by atoms with van der Waals surface area (Å²) in [4.78, 5) is 21.8. The third kappa shape index (κ3) is 2.40. The minimum Gasteiger partial charge on any atom is -0.464 e. The number of nitrogens with zero attached hydrogens (tertiary/aromatic N) is 4. The molecule has 0 saturated carbocycles. The van der Waals surface area contributed by atoms with Crippen LogP contribution in [0.25, 0.3) is 0 Å². The molecule has 1 aliphatic heterocycles. The summed E-state index contributed by atoms with van der Waals surface area (Å²) < 4.78 is 5.04. The molecule has 1 aliphatic rings. The topological polar surface area (TPSA) is 79.1 Å². The summed E-state index contributed by atoms with van der Waals surface area (Å²) >= 11 is 0. The Hall–Kier alpha value is -2.16. The van der Waals surface area contributed by atoms with E-state index in [0.29, 0.717) is 12.4 Å². The molecule has 1 aromatic rings. The Labute approximate surface area is 105 Å². The van der Waals surface area contributed by atoms with Crippen LogP contribution in [0.2, 0.25) is 0 Å². The molecule has 2 heterocycles. The second-order valence-electron chi connectivity index (χ2n) is 3.98. The zero-order valence-electron chi connectivity index (χ0n) is 10.2. The van der Waals surface area contributed by atoms with Crippen LogP contribution in [0.15, 0.2) is 12.4 Å². The van der Waals surface area contributed by atoms with Crippen molar-refractivity contribution in [2.75, 3.05) is 18.1 Å². The van der Waals surface area contributed by atoms with E-state index in [1.54, 1.807) is 6.92 Å². The van der Waals surface area contributed by atoms with Crippen molar-refractivity contribution >= 4 is 11.8 Å². The first-order chi connectivity index (χ1) is 8.76. The van der Waals surface area contributed by atoms with Crippen LogP contribution in [0.4, 0.5) is 5.82 Å². The van der Waals surface area contributed by atoms with Gasteiger partial charge in [-0.25, -0.2) is 14.8 Å². The summed E-state index contributed by atoms with van der Waals surface area (Å²) in [5.74, 6) is 0.394. The van der Waals surface area contributed by atoms with E-state index in [1.165, 1.54) is 12.4 Å². The van der Waals surface area contributed by atoms with E-state index in [1.807, 2.05) is 11.0 Å². The molecule has 6 nitrogen and oxygen atoms in total. The number of hydrogen-bond acceptors (Lipinski definition) is 6. The van der Waals surface area contributed by atoms with Crippen molar-refractivity contribution in [3.8, 4) is 6.07 Å². The van der Waals surface area contributed by atoms with Crippen LogP contribution in [0.3, 0.4) is 0 Å². The molecule has 0 amide bonds. The number of aromatic nitrogens is 2. The Bertz CT molecular complexity index is 466. The summed E-state index contributed by atoms with van der Waals surface area (Å²) in [5.41, 5.74) is 0.269. The highest BCUT2D eigenvalue weighted by molar-refractivity contribution is 5.80. The highest BCUT2D eigenvalue weighted by Crippen LogP contribution is 2.23. The highest BCUT2D eigenvalue weighted by atomic mass is 16.5. The van der Waals surface area contributed by atoms with Gasteiger partial charge in [-0.3, -0.25) is 0 Å². The van der Waals surface area contributed by atoms with Crippen LogP contribution in [-0.4, -0.2) is 35.1 Å². The van der Waals surface area contributed by atoms with Gasteiger partial charge >= 0.3 is 5.97 Å². The van der Waals surface area contributed by atoms with E-state index in [-0.39, 0.29) is 17.7 Å². The summed E-state index contributed by atoms with van der Waals surface area (Å²) in [6.45, 7) is 2.92. The van der Waals surface area contributed by atoms with Gasteiger partial charge in [-0.15, -0.1) is 0 Å². The molecular weight excluding hydrogens is 232 g/mol. The number of anilines is 1. The van der Waals surface area contributed by atoms with Crippen molar-refractivity contribution < 1.29 is 9.53 Å². The number of ether oxygens (including phenoxy) is 1. The van der Waals surface area contributed by atoms with Crippen molar-refractivity contribution in [2.45, 2.75) is 25.8 Å². The fourth-order valence-electron chi connectivity index (χ4n) is 2.05. The number of carbonyl (C=O) groups excluding carboxylic acids is 1. The summed E-state index contributed by atoms with van der Waals surface area (Å²) in [5, 5.41) is 8.66. The van der Waals surface area contributed by atoms with E-state index < -0.39 is 0 Å². The molecule has 1 saturated heterocycles. The normalized spacial score (nSPS) is 18.4. The van der Waals surface area contributed by atoms with E-state index >= 15 is 0 Å². The predicted octanol–water partition coefficient (Wildman–Crippen LogP) is 0.880. The summed E-state index contributed by atoms with van der Waals surface area (Å²) in [6.07, 6.45) is 4.62.